The summed E-state index contributed by atoms with van der Waals surface area (Å²) in [6.45, 7) is 10.2. The zero-order valence-corrected chi connectivity index (χ0v) is 13.4. The summed E-state index contributed by atoms with van der Waals surface area (Å²) in [4.78, 5) is 12.1. The summed E-state index contributed by atoms with van der Waals surface area (Å²) < 4.78 is 2.01. The number of nitrogens with one attached hydrogen (secondary N) is 2. The van der Waals surface area contributed by atoms with Crippen molar-refractivity contribution in [2.45, 2.75) is 46.3 Å². The Morgan fingerprint density at radius 1 is 1.24 bits per heavy atom. The van der Waals surface area contributed by atoms with Crippen LogP contribution in [0.5, 0.6) is 0 Å². The molecule has 4 heteroatoms. The van der Waals surface area contributed by atoms with Crippen molar-refractivity contribution in [2.75, 3.05) is 6.54 Å². The number of carbonyl (C=O) groups excluding carboxylic acids is 1. The Morgan fingerprint density at radius 3 is 2.67 bits per heavy atom. The highest BCUT2D eigenvalue weighted by atomic mass is 16.2. The van der Waals surface area contributed by atoms with Gasteiger partial charge in [-0.25, -0.2) is 0 Å². The van der Waals surface area contributed by atoms with E-state index in [4.69, 9.17) is 0 Å². The smallest absolute Gasteiger partial charge is 0.240 e. The fraction of sp³-hybridized carbons (Fsp3) is 0.471. The van der Waals surface area contributed by atoms with Crippen molar-refractivity contribution in [2.24, 2.45) is 0 Å². The summed E-state index contributed by atoms with van der Waals surface area (Å²) in [5.74, 6) is 0.0390. The SMILES string of the molecule is CCNCc1cccc2c1ccn2CC(=O)NC(C)(C)C. The number of hydrogen-bond donors (Lipinski definition) is 2. The molecular weight excluding hydrogens is 262 g/mol. The fourth-order valence-electron chi connectivity index (χ4n) is 2.45. The van der Waals surface area contributed by atoms with E-state index in [9.17, 15) is 4.79 Å². The minimum atomic E-state index is -0.198. The van der Waals surface area contributed by atoms with Crippen molar-refractivity contribution in [3.63, 3.8) is 0 Å². The second-order valence-electron chi connectivity index (χ2n) is 6.37. The van der Waals surface area contributed by atoms with Gasteiger partial charge in [0.15, 0.2) is 0 Å². The average Bonchev–Trinajstić information content (AvgIpc) is 2.78. The molecule has 2 aromatic rings. The first-order valence-electron chi connectivity index (χ1n) is 7.49. The fourth-order valence-corrected chi connectivity index (χ4v) is 2.45. The third-order valence-electron chi connectivity index (χ3n) is 3.30. The van der Waals surface area contributed by atoms with Crippen LogP contribution in [0.25, 0.3) is 10.9 Å². The Bertz CT molecular complexity index is 622. The van der Waals surface area contributed by atoms with Crippen LogP contribution in [-0.2, 0) is 17.9 Å². The lowest BCUT2D eigenvalue weighted by Crippen LogP contribution is -2.42. The van der Waals surface area contributed by atoms with E-state index < -0.39 is 0 Å². The van der Waals surface area contributed by atoms with Crippen LogP contribution in [0.2, 0.25) is 0 Å². The molecule has 0 aliphatic rings. The molecule has 114 valence electrons. The average molecular weight is 287 g/mol. The highest BCUT2D eigenvalue weighted by molar-refractivity contribution is 5.86. The maximum Gasteiger partial charge on any atom is 0.240 e. The van der Waals surface area contributed by atoms with Gasteiger partial charge in [-0.3, -0.25) is 4.79 Å². The van der Waals surface area contributed by atoms with Crippen LogP contribution in [-0.4, -0.2) is 22.6 Å². The summed E-state index contributed by atoms with van der Waals surface area (Å²) in [5.41, 5.74) is 2.18. The van der Waals surface area contributed by atoms with E-state index in [1.165, 1.54) is 10.9 Å². The number of rotatable bonds is 5. The molecule has 1 amide bonds. The van der Waals surface area contributed by atoms with Gasteiger partial charge in [0, 0.05) is 29.2 Å². The Hall–Kier alpha value is -1.81. The van der Waals surface area contributed by atoms with Crippen molar-refractivity contribution < 1.29 is 4.79 Å². The van der Waals surface area contributed by atoms with Crippen molar-refractivity contribution in [1.82, 2.24) is 15.2 Å². The lowest BCUT2D eigenvalue weighted by molar-refractivity contribution is -0.123. The van der Waals surface area contributed by atoms with E-state index in [2.05, 4.69) is 35.8 Å². The van der Waals surface area contributed by atoms with Gasteiger partial charge < -0.3 is 15.2 Å². The second-order valence-corrected chi connectivity index (χ2v) is 6.37. The van der Waals surface area contributed by atoms with E-state index in [0.717, 1.165) is 18.6 Å². The molecule has 0 radical (unpaired) electrons. The Labute approximate surface area is 126 Å². The van der Waals surface area contributed by atoms with Gasteiger partial charge in [-0.15, -0.1) is 0 Å². The molecule has 21 heavy (non-hydrogen) atoms. The van der Waals surface area contributed by atoms with E-state index in [1.54, 1.807) is 0 Å². The minimum absolute atomic E-state index is 0.0390. The maximum atomic E-state index is 12.1. The molecule has 0 saturated heterocycles. The van der Waals surface area contributed by atoms with Gasteiger partial charge in [-0.05, 0) is 45.0 Å². The van der Waals surface area contributed by atoms with E-state index in [1.807, 2.05) is 37.6 Å². The van der Waals surface area contributed by atoms with Gasteiger partial charge in [0.05, 0.1) is 0 Å². The lowest BCUT2D eigenvalue weighted by atomic mass is 10.1. The van der Waals surface area contributed by atoms with Gasteiger partial charge in [0.1, 0.15) is 6.54 Å². The molecule has 4 nitrogen and oxygen atoms in total. The molecule has 1 aromatic carbocycles. The number of amides is 1. The van der Waals surface area contributed by atoms with E-state index in [-0.39, 0.29) is 11.4 Å². The molecule has 0 saturated carbocycles. The highest BCUT2D eigenvalue weighted by Crippen LogP contribution is 2.20. The van der Waals surface area contributed by atoms with Crippen molar-refractivity contribution >= 4 is 16.8 Å². The molecule has 0 aliphatic carbocycles. The summed E-state index contributed by atoms with van der Waals surface area (Å²) in [6, 6.07) is 8.33. The molecule has 1 aromatic heterocycles. The number of benzene rings is 1. The van der Waals surface area contributed by atoms with Gasteiger partial charge in [0.25, 0.3) is 0 Å². The van der Waals surface area contributed by atoms with Crippen LogP contribution in [0.1, 0.15) is 33.3 Å². The quantitative estimate of drug-likeness (QED) is 0.888. The van der Waals surface area contributed by atoms with Crippen molar-refractivity contribution in [1.29, 1.82) is 0 Å². The third-order valence-corrected chi connectivity index (χ3v) is 3.30. The molecule has 0 spiro atoms. The first-order valence-corrected chi connectivity index (χ1v) is 7.49. The highest BCUT2D eigenvalue weighted by Gasteiger charge is 2.15. The Morgan fingerprint density at radius 2 is 2.00 bits per heavy atom. The first kappa shape index (κ1) is 15.6. The van der Waals surface area contributed by atoms with Crippen LogP contribution in [0, 0.1) is 0 Å². The monoisotopic (exact) mass is 287 g/mol. The topological polar surface area (TPSA) is 46.1 Å². The second kappa shape index (κ2) is 6.31. The number of hydrogen-bond acceptors (Lipinski definition) is 2. The molecule has 2 N–H and O–H groups in total. The number of aromatic nitrogens is 1. The van der Waals surface area contributed by atoms with Gasteiger partial charge in [0.2, 0.25) is 5.91 Å². The summed E-state index contributed by atoms with van der Waals surface area (Å²) in [6.07, 6.45) is 1.99. The summed E-state index contributed by atoms with van der Waals surface area (Å²) in [7, 11) is 0. The molecular formula is C17H25N3O. The third kappa shape index (κ3) is 4.08. The van der Waals surface area contributed by atoms with Crippen LogP contribution >= 0.6 is 0 Å². The summed E-state index contributed by atoms with van der Waals surface area (Å²) in [5, 5.41) is 7.56. The maximum absolute atomic E-state index is 12.1. The minimum Gasteiger partial charge on any atom is -0.350 e. The largest absolute Gasteiger partial charge is 0.350 e. The van der Waals surface area contributed by atoms with Gasteiger partial charge in [-0.1, -0.05) is 19.1 Å². The van der Waals surface area contributed by atoms with Crippen LogP contribution in [0.15, 0.2) is 30.5 Å². The Balaban J connectivity index is 2.20. The molecule has 0 unspecified atom stereocenters. The van der Waals surface area contributed by atoms with Crippen LogP contribution in [0.4, 0.5) is 0 Å². The number of fused-ring (bicyclic) bond motifs is 1. The summed E-state index contributed by atoms with van der Waals surface area (Å²) >= 11 is 0. The van der Waals surface area contributed by atoms with Gasteiger partial charge in [-0.2, -0.15) is 0 Å². The molecule has 0 aliphatic heterocycles. The predicted molar refractivity (Wildman–Crippen MR) is 87.2 cm³/mol. The van der Waals surface area contributed by atoms with Gasteiger partial charge >= 0.3 is 0 Å². The molecule has 1 heterocycles. The van der Waals surface area contributed by atoms with Crippen LogP contribution in [0.3, 0.4) is 0 Å². The van der Waals surface area contributed by atoms with E-state index >= 15 is 0 Å². The standard InChI is InChI=1S/C17H25N3O/c1-5-18-11-13-7-6-8-15-14(13)9-10-20(15)12-16(21)19-17(2,3)4/h6-10,18H,5,11-12H2,1-4H3,(H,19,21). The number of nitrogens with zero attached hydrogens (tertiary/aromatic N) is 1. The Kier molecular flexibility index (Phi) is 4.68. The van der Waals surface area contributed by atoms with Crippen molar-refractivity contribution in [3.05, 3.63) is 36.0 Å². The zero-order chi connectivity index (χ0) is 15.5. The van der Waals surface area contributed by atoms with Crippen LogP contribution < -0.4 is 10.6 Å². The molecule has 0 bridgehead atoms. The zero-order valence-electron chi connectivity index (χ0n) is 13.4. The van der Waals surface area contributed by atoms with Crippen molar-refractivity contribution in [3.8, 4) is 0 Å². The molecule has 2 rings (SSSR count). The number of carbonyl (C=O) groups is 1. The lowest BCUT2D eigenvalue weighted by Gasteiger charge is -2.20. The molecule has 0 atom stereocenters. The predicted octanol–water partition coefficient (Wildman–Crippen LogP) is 2.67. The van der Waals surface area contributed by atoms with E-state index in [0.29, 0.717) is 6.54 Å². The first-order chi connectivity index (χ1) is 9.90. The normalized spacial score (nSPS) is 11.8. The molecule has 0 fully saturated rings.